The highest BCUT2D eigenvalue weighted by atomic mass is 79.9. The van der Waals surface area contributed by atoms with Crippen molar-refractivity contribution in [3.63, 3.8) is 0 Å². The molecule has 108 valence electrons. The topological polar surface area (TPSA) is 69.4 Å². The zero-order valence-corrected chi connectivity index (χ0v) is 12.9. The Morgan fingerprint density at radius 1 is 0.955 bits per heavy atom. The van der Waals surface area contributed by atoms with E-state index in [2.05, 4.69) is 15.9 Å². The lowest BCUT2D eigenvalue weighted by molar-refractivity contribution is 0.608. The van der Waals surface area contributed by atoms with Crippen molar-refractivity contribution in [2.24, 2.45) is 0 Å². The molecule has 0 aliphatic heterocycles. The van der Waals surface area contributed by atoms with E-state index >= 15 is 0 Å². The van der Waals surface area contributed by atoms with E-state index in [-0.39, 0.29) is 16.9 Å². The lowest BCUT2D eigenvalue weighted by Gasteiger charge is -2.03. The van der Waals surface area contributed by atoms with Crippen molar-refractivity contribution in [3.8, 4) is 11.1 Å². The Labute approximate surface area is 133 Å². The number of anilines is 1. The standard InChI is InChI=1S/C17H10BrNO3/c18-10-6-7-12-11(8-10)15-16(21-12)14(20)13(17(19)22-15)9-4-2-1-3-5-9/h1-8H,19H2. The van der Waals surface area contributed by atoms with Gasteiger partial charge in [0.15, 0.2) is 5.58 Å². The molecule has 0 radical (unpaired) electrons. The summed E-state index contributed by atoms with van der Waals surface area (Å²) in [6.45, 7) is 0. The molecule has 0 saturated heterocycles. The normalized spacial score (nSPS) is 11.3. The molecule has 0 bridgehead atoms. The summed E-state index contributed by atoms with van der Waals surface area (Å²) in [5.41, 5.74) is 7.89. The number of nitrogen functional groups attached to an aromatic ring is 1. The third-order valence-corrected chi connectivity index (χ3v) is 4.05. The fourth-order valence-electron chi connectivity index (χ4n) is 2.56. The molecule has 2 aromatic carbocycles. The third-order valence-electron chi connectivity index (χ3n) is 3.56. The van der Waals surface area contributed by atoms with Gasteiger partial charge in [-0.1, -0.05) is 46.3 Å². The van der Waals surface area contributed by atoms with Gasteiger partial charge in [0.2, 0.25) is 16.9 Å². The molecule has 5 heteroatoms. The number of benzene rings is 2. The van der Waals surface area contributed by atoms with Gasteiger partial charge in [0.05, 0.1) is 10.9 Å². The Kier molecular flexibility index (Phi) is 2.84. The quantitative estimate of drug-likeness (QED) is 0.543. The first kappa shape index (κ1) is 13.2. The number of rotatable bonds is 1. The Balaban J connectivity index is 2.14. The number of hydrogen-bond donors (Lipinski definition) is 1. The zero-order chi connectivity index (χ0) is 15.3. The van der Waals surface area contributed by atoms with E-state index in [4.69, 9.17) is 14.6 Å². The van der Waals surface area contributed by atoms with Crippen LogP contribution in [0.1, 0.15) is 0 Å². The van der Waals surface area contributed by atoms with Crippen LogP contribution in [0.5, 0.6) is 0 Å². The average Bonchev–Trinajstić information content (AvgIpc) is 2.87. The lowest BCUT2D eigenvalue weighted by atomic mass is 10.1. The molecule has 4 nitrogen and oxygen atoms in total. The summed E-state index contributed by atoms with van der Waals surface area (Å²) in [5.74, 6) is 0.0892. The van der Waals surface area contributed by atoms with Crippen LogP contribution in [0.2, 0.25) is 0 Å². The molecule has 0 atom stereocenters. The molecule has 0 spiro atoms. The van der Waals surface area contributed by atoms with E-state index in [1.54, 1.807) is 6.07 Å². The molecule has 0 fully saturated rings. The minimum absolute atomic E-state index is 0.0892. The van der Waals surface area contributed by atoms with Crippen molar-refractivity contribution < 1.29 is 8.83 Å². The van der Waals surface area contributed by atoms with E-state index in [0.29, 0.717) is 27.7 Å². The van der Waals surface area contributed by atoms with Gasteiger partial charge in [0.25, 0.3) is 0 Å². The summed E-state index contributed by atoms with van der Waals surface area (Å²) in [7, 11) is 0. The maximum atomic E-state index is 12.8. The molecule has 2 aromatic heterocycles. The van der Waals surface area contributed by atoms with Crippen molar-refractivity contribution >= 4 is 43.9 Å². The average molecular weight is 356 g/mol. The first-order valence-corrected chi connectivity index (χ1v) is 7.44. The Morgan fingerprint density at radius 2 is 1.73 bits per heavy atom. The van der Waals surface area contributed by atoms with E-state index in [9.17, 15) is 4.79 Å². The number of hydrogen-bond acceptors (Lipinski definition) is 4. The first-order valence-electron chi connectivity index (χ1n) is 6.65. The molecule has 4 aromatic rings. The second-order valence-electron chi connectivity index (χ2n) is 4.94. The monoisotopic (exact) mass is 355 g/mol. The largest absolute Gasteiger partial charge is 0.448 e. The van der Waals surface area contributed by atoms with E-state index in [0.717, 1.165) is 4.47 Å². The Hall–Kier alpha value is -2.53. The Morgan fingerprint density at radius 3 is 2.50 bits per heavy atom. The number of fused-ring (bicyclic) bond motifs is 3. The van der Waals surface area contributed by atoms with Crippen LogP contribution in [-0.2, 0) is 0 Å². The molecule has 2 heterocycles. The van der Waals surface area contributed by atoms with Crippen LogP contribution in [0.15, 0.2) is 66.6 Å². The molecule has 0 aliphatic rings. The molecule has 0 saturated carbocycles. The second kappa shape index (κ2) is 4.74. The minimum atomic E-state index is -0.266. The SMILES string of the molecule is Nc1oc2c(oc3ccc(Br)cc32)c(=O)c1-c1ccccc1. The van der Waals surface area contributed by atoms with Crippen molar-refractivity contribution in [2.75, 3.05) is 5.73 Å². The lowest BCUT2D eigenvalue weighted by Crippen LogP contribution is -2.07. The molecule has 0 unspecified atom stereocenters. The summed E-state index contributed by atoms with van der Waals surface area (Å²) >= 11 is 3.40. The Bertz CT molecular complexity index is 1060. The number of halogens is 1. The summed E-state index contributed by atoms with van der Waals surface area (Å²) in [6, 6.07) is 14.7. The highest BCUT2D eigenvalue weighted by Crippen LogP contribution is 2.33. The van der Waals surface area contributed by atoms with Gasteiger partial charge >= 0.3 is 0 Å². The smallest absolute Gasteiger partial charge is 0.238 e. The van der Waals surface area contributed by atoms with Crippen LogP contribution < -0.4 is 11.2 Å². The van der Waals surface area contributed by atoms with E-state index < -0.39 is 0 Å². The van der Waals surface area contributed by atoms with Crippen molar-refractivity contribution in [3.05, 3.63) is 63.2 Å². The van der Waals surface area contributed by atoms with Gasteiger partial charge in [-0.2, -0.15) is 0 Å². The summed E-state index contributed by atoms with van der Waals surface area (Å²) in [4.78, 5) is 12.8. The molecule has 0 amide bonds. The van der Waals surface area contributed by atoms with Crippen LogP contribution in [0, 0.1) is 0 Å². The van der Waals surface area contributed by atoms with Crippen molar-refractivity contribution in [2.45, 2.75) is 0 Å². The van der Waals surface area contributed by atoms with Gasteiger partial charge in [-0.25, -0.2) is 0 Å². The zero-order valence-electron chi connectivity index (χ0n) is 11.3. The van der Waals surface area contributed by atoms with Gasteiger partial charge in [0, 0.05) is 4.47 Å². The maximum Gasteiger partial charge on any atom is 0.238 e. The predicted octanol–water partition coefficient (Wildman–Crippen LogP) is 4.55. The van der Waals surface area contributed by atoms with Crippen molar-refractivity contribution in [1.29, 1.82) is 0 Å². The third kappa shape index (κ3) is 1.86. The van der Waals surface area contributed by atoms with E-state index in [1.807, 2.05) is 42.5 Å². The maximum absolute atomic E-state index is 12.8. The van der Waals surface area contributed by atoms with Gasteiger partial charge in [-0.15, -0.1) is 0 Å². The van der Waals surface area contributed by atoms with Gasteiger partial charge in [-0.05, 0) is 23.8 Å². The molecule has 0 aliphatic carbocycles. The molecule has 2 N–H and O–H groups in total. The van der Waals surface area contributed by atoms with Crippen LogP contribution in [-0.4, -0.2) is 0 Å². The molecular formula is C17H10BrNO3. The highest BCUT2D eigenvalue weighted by molar-refractivity contribution is 9.10. The first-order chi connectivity index (χ1) is 10.6. The summed E-state index contributed by atoms with van der Waals surface area (Å²) < 4.78 is 12.2. The van der Waals surface area contributed by atoms with Crippen LogP contribution in [0.3, 0.4) is 0 Å². The van der Waals surface area contributed by atoms with E-state index in [1.165, 1.54) is 0 Å². The highest BCUT2D eigenvalue weighted by Gasteiger charge is 2.19. The van der Waals surface area contributed by atoms with Gasteiger partial charge in [-0.3, -0.25) is 4.79 Å². The summed E-state index contributed by atoms with van der Waals surface area (Å²) in [5, 5.41) is 0.716. The van der Waals surface area contributed by atoms with Gasteiger partial charge in [0.1, 0.15) is 5.58 Å². The minimum Gasteiger partial charge on any atom is -0.448 e. The number of nitrogens with two attached hydrogens (primary N) is 1. The fraction of sp³-hybridized carbons (Fsp3) is 0. The second-order valence-corrected chi connectivity index (χ2v) is 5.85. The molecule has 4 rings (SSSR count). The fourth-order valence-corrected chi connectivity index (χ4v) is 2.92. The van der Waals surface area contributed by atoms with Crippen molar-refractivity contribution in [1.82, 2.24) is 0 Å². The van der Waals surface area contributed by atoms with Crippen LogP contribution >= 0.6 is 15.9 Å². The molecule has 22 heavy (non-hydrogen) atoms. The predicted molar refractivity (Wildman–Crippen MR) is 89.8 cm³/mol. The summed E-state index contributed by atoms with van der Waals surface area (Å²) in [6.07, 6.45) is 0. The number of furan rings is 1. The van der Waals surface area contributed by atoms with Crippen LogP contribution in [0.4, 0.5) is 5.88 Å². The molecular weight excluding hydrogens is 346 g/mol. The van der Waals surface area contributed by atoms with Gasteiger partial charge < -0.3 is 14.6 Å². The van der Waals surface area contributed by atoms with Crippen LogP contribution in [0.25, 0.3) is 33.3 Å².